The molecule has 1 aliphatic heterocycles. The highest BCUT2D eigenvalue weighted by atomic mass is 32.2. The predicted molar refractivity (Wildman–Crippen MR) is 128 cm³/mol. The normalized spacial score (nSPS) is 23.2. The van der Waals surface area contributed by atoms with E-state index < -0.39 is 12.0 Å². The summed E-state index contributed by atoms with van der Waals surface area (Å²) in [5.41, 5.74) is 6.04. The first-order valence-corrected chi connectivity index (χ1v) is 11.5. The number of allylic oxidation sites excluding steroid dienone is 13. The number of rotatable bonds is 6. The van der Waals surface area contributed by atoms with E-state index in [-0.39, 0.29) is 17.5 Å². The van der Waals surface area contributed by atoms with Crippen molar-refractivity contribution >= 4 is 17.5 Å². The molecule has 0 fully saturated rings. The molecule has 0 saturated heterocycles. The molecule has 0 aromatic carbocycles. The maximum Gasteiger partial charge on any atom is 0.136 e. The first-order valence-electron chi connectivity index (χ1n) is 10.7. The molecule has 2 nitrogen and oxygen atoms in total. The number of carbonyl (C=O) groups is 1. The van der Waals surface area contributed by atoms with E-state index in [1.165, 1.54) is 17.1 Å². The minimum Gasteiger partial charge on any atom is -0.388 e. The zero-order chi connectivity index (χ0) is 22.4. The second-order valence-corrected chi connectivity index (χ2v) is 8.92. The Labute approximate surface area is 188 Å². The molecule has 0 radical (unpaired) electrons. The van der Waals surface area contributed by atoms with Gasteiger partial charge in [-0.3, -0.25) is 4.79 Å². The van der Waals surface area contributed by atoms with Crippen LogP contribution in [0.25, 0.3) is 0 Å². The molecular formula is C27H29FO2S. The van der Waals surface area contributed by atoms with Gasteiger partial charge in [0.1, 0.15) is 11.6 Å². The summed E-state index contributed by atoms with van der Waals surface area (Å²) in [4.78, 5) is 15.3. The van der Waals surface area contributed by atoms with Gasteiger partial charge in [-0.15, -0.1) is 5.73 Å². The molecule has 2 aliphatic carbocycles. The molecule has 0 bridgehead atoms. The first kappa shape index (κ1) is 23.3. The summed E-state index contributed by atoms with van der Waals surface area (Å²) in [6, 6.07) is 0. The third-order valence-electron chi connectivity index (χ3n) is 5.79. The van der Waals surface area contributed by atoms with Gasteiger partial charge >= 0.3 is 0 Å². The molecule has 3 aliphatic rings. The molecule has 3 atom stereocenters. The summed E-state index contributed by atoms with van der Waals surface area (Å²) < 4.78 is 13.7. The summed E-state index contributed by atoms with van der Waals surface area (Å²) >= 11 is 1.74. The number of thioether (sulfide) groups is 1. The monoisotopic (exact) mass is 436 g/mol. The van der Waals surface area contributed by atoms with Crippen molar-refractivity contribution in [2.24, 2.45) is 11.8 Å². The van der Waals surface area contributed by atoms with Crippen LogP contribution in [0.3, 0.4) is 0 Å². The summed E-state index contributed by atoms with van der Waals surface area (Å²) in [7, 11) is 0. The Bertz CT molecular complexity index is 1010. The number of halogens is 1. The second-order valence-electron chi connectivity index (χ2n) is 7.78. The van der Waals surface area contributed by atoms with E-state index in [0.717, 1.165) is 28.9 Å². The molecule has 0 spiro atoms. The lowest BCUT2D eigenvalue weighted by molar-refractivity contribution is -0.124. The van der Waals surface area contributed by atoms with Crippen molar-refractivity contribution in [3.05, 3.63) is 98.8 Å². The lowest BCUT2D eigenvalue weighted by Gasteiger charge is -2.37. The maximum absolute atomic E-state index is 13.7. The SMILES string of the molecule is CC=CC1=C(CC)C(C(C(C)=O)C(O)C2=CC=C(F)C=CC2)C2=C(CC=C=CC=C2)S1. The van der Waals surface area contributed by atoms with Crippen LogP contribution < -0.4 is 0 Å². The zero-order valence-corrected chi connectivity index (χ0v) is 19.1. The van der Waals surface area contributed by atoms with Crippen molar-refractivity contribution in [1.29, 1.82) is 0 Å². The fourth-order valence-corrected chi connectivity index (χ4v) is 5.71. The Balaban J connectivity index is 2.15. The largest absolute Gasteiger partial charge is 0.388 e. The number of hydrogen-bond acceptors (Lipinski definition) is 3. The minimum absolute atomic E-state index is 0.0675. The van der Waals surface area contributed by atoms with E-state index in [1.54, 1.807) is 30.8 Å². The second kappa shape index (κ2) is 10.8. The Morgan fingerprint density at radius 1 is 1.35 bits per heavy atom. The van der Waals surface area contributed by atoms with Crippen LogP contribution in [0.1, 0.15) is 40.0 Å². The maximum atomic E-state index is 13.7. The highest BCUT2D eigenvalue weighted by Gasteiger charge is 2.40. The van der Waals surface area contributed by atoms with E-state index >= 15 is 0 Å². The molecule has 162 valence electrons. The average Bonchev–Trinajstić information content (AvgIpc) is 2.94. The van der Waals surface area contributed by atoms with Crippen LogP contribution in [0.5, 0.6) is 0 Å². The van der Waals surface area contributed by atoms with E-state index in [1.807, 2.05) is 31.2 Å². The van der Waals surface area contributed by atoms with Crippen LogP contribution >= 0.6 is 11.8 Å². The van der Waals surface area contributed by atoms with Gasteiger partial charge in [0, 0.05) is 17.2 Å². The Kier molecular flexibility index (Phi) is 8.09. The third-order valence-corrected chi connectivity index (χ3v) is 7.06. The Morgan fingerprint density at radius 3 is 2.87 bits per heavy atom. The highest BCUT2D eigenvalue weighted by molar-refractivity contribution is 8.07. The smallest absolute Gasteiger partial charge is 0.136 e. The van der Waals surface area contributed by atoms with Crippen molar-refractivity contribution < 1.29 is 14.3 Å². The number of ketones is 1. The summed E-state index contributed by atoms with van der Waals surface area (Å²) in [5.74, 6) is -1.31. The highest BCUT2D eigenvalue weighted by Crippen LogP contribution is 2.50. The van der Waals surface area contributed by atoms with Gasteiger partial charge in [-0.2, -0.15) is 0 Å². The van der Waals surface area contributed by atoms with E-state index in [4.69, 9.17) is 0 Å². The van der Waals surface area contributed by atoms with Gasteiger partial charge in [0.05, 0.1) is 12.0 Å². The number of carbonyl (C=O) groups excluding carboxylic acids is 1. The lowest BCUT2D eigenvalue weighted by atomic mass is 9.71. The van der Waals surface area contributed by atoms with Crippen LogP contribution in [-0.4, -0.2) is 17.0 Å². The van der Waals surface area contributed by atoms with Gasteiger partial charge in [0.15, 0.2) is 0 Å². The molecule has 0 saturated carbocycles. The fraction of sp³-hybridized carbons (Fsp3) is 0.333. The average molecular weight is 437 g/mol. The quantitative estimate of drug-likeness (QED) is 0.464. The van der Waals surface area contributed by atoms with Crippen LogP contribution in [-0.2, 0) is 4.79 Å². The van der Waals surface area contributed by atoms with Crippen molar-refractivity contribution in [2.75, 3.05) is 0 Å². The van der Waals surface area contributed by atoms with E-state index in [9.17, 15) is 14.3 Å². The van der Waals surface area contributed by atoms with Crippen LogP contribution in [0.15, 0.2) is 98.8 Å². The lowest BCUT2D eigenvalue weighted by Crippen LogP contribution is -2.37. The molecule has 3 unspecified atom stereocenters. The molecule has 1 heterocycles. The summed E-state index contributed by atoms with van der Waals surface area (Å²) in [6.45, 7) is 5.63. The van der Waals surface area contributed by atoms with Gasteiger partial charge in [-0.05, 0) is 72.6 Å². The van der Waals surface area contributed by atoms with Crippen molar-refractivity contribution in [2.45, 2.75) is 46.1 Å². The molecule has 3 rings (SSSR count). The van der Waals surface area contributed by atoms with Crippen molar-refractivity contribution in [3.8, 4) is 0 Å². The summed E-state index contributed by atoms with van der Waals surface area (Å²) in [5, 5.41) is 11.4. The first-order chi connectivity index (χ1) is 15.0. The Hall–Kier alpha value is -2.39. The fourth-order valence-electron chi connectivity index (χ4n) is 4.36. The molecule has 0 aromatic heterocycles. The zero-order valence-electron chi connectivity index (χ0n) is 18.3. The number of Topliss-reactive ketones (excluding diaryl/α,β-unsaturated/α-hetero) is 1. The van der Waals surface area contributed by atoms with Crippen molar-refractivity contribution in [1.82, 2.24) is 0 Å². The molecule has 4 heteroatoms. The van der Waals surface area contributed by atoms with Crippen molar-refractivity contribution in [3.63, 3.8) is 0 Å². The topological polar surface area (TPSA) is 37.3 Å². The van der Waals surface area contributed by atoms with Gasteiger partial charge < -0.3 is 5.11 Å². The van der Waals surface area contributed by atoms with Crippen LogP contribution in [0.2, 0.25) is 0 Å². The molecule has 31 heavy (non-hydrogen) atoms. The van der Waals surface area contributed by atoms with E-state index in [2.05, 4.69) is 24.8 Å². The van der Waals surface area contributed by atoms with Crippen LogP contribution in [0, 0.1) is 11.8 Å². The molecular weight excluding hydrogens is 407 g/mol. The molecule has 0 amide bonds. The van der Waals surface area contributed by atoms with Gasteiger partial charge in [-0.25, -0.2) is 4.39 Å². The Morgan fingerprint density at radius 2 is 2.16 bits per heavy atom. The standard InChI is InChI=1S/C27H29FO2S/c1-4-11-23-21(5-2)26(22-14-8-6-7-9-15-24(22)31-23)25(18(3)29)27(30)19-12-10-13-20(28)17-16-19/h4,6,8-11,13-14,16-17,25-27,30H,5,12,15H2,1-3H3. The van der Waals surface area contributed by atoms with Gasteiger partial charge in [0.25, 0.3) is 0 Å². The number of aliphatic hydroxyl groups excluding tert-OH is 1. The van der Waals surface area contributed by atoms with Crippen LogP contribution in [0.4, 0.5) is 4.39 Å². The summed E-state index contributed by atoms with van der Waals surface area (Å²) in [6.07, 6.45) is 19.0. The molecule has 0 aromatic rings. The number of aliphatic hydroxyl groups is 1. The van der Waals surface area contributed by atoms with E-state index in [0.29, 0.717) is 12.0 Å². The van der Waals surface area contributed by atoms with Gasteiger partial charge in [0.2, 0.25) is 0 Å². The van der Waals surface area contributed by atoms with Gasteiger partial charge in [-0.1, -0.05) is 55.1 Å². The third kappa shape index (κ3) is 5.27. The number of hydrogen-bond donors (Lipinski definition) is 1. The predicted octanol–water partition coefficient (Wildman–Crippen LogP) is 6.82. The molecule has 1 N–H and O–H groups in total. The minimum atomic E-state index is -0.996.